The van der Waals surface area contributed by atoms with Gasteiger partial charge in [0.25, 0.3) is 0 Å². The van der Waals surface area contributed by atoms with Gasteiger partial charge in [-0.1, -0.05) is 0 Å². The molecule has 8 nitrogen and oxygen atoms in total. The Morgan fingerprint density at radius 3 is 2.91 bits per heavy atom. The third-order valence-electron chi connectivity index (χ3n) is 3.70. The Hall–Kier alpha value is -3.16. The summed E-state index contributed by atoms with van der Waals surface area (Å²) in [5.41, 5.74) is 1.57. The van der Waals surface area contributed by atoms with Crippen molar-refractivity contribution >= 4 is 33.9 Å². The fourth-order valence-corrected chi connectivity index (χ4v) is 2.37. The standard InChI is InChI=1S/C15H14N6O2/c22-21(23)13-5-6-14(17-10-1-2-10)19-15(13)18-11-3-4-12-9(7-11)8-16-20-12/h3-8,10H,1-2H2,(H,16,20)(H2,17,18,19). The topological polar surface area (TPSA) is 109 Å². The van der Waals surface area contributed by atoms with Crippen LogP contribution in [0.15, 0.2) is 36.5 Å². The Kier molecular flexibility index (Phi) is 3.07. The van der Waals surface area contributed by atoms with Crippen LogP contribution in [-0.4, -0.2) is 26.1 Å². The smallest absolute Gasteiger partial charge is 0.311 e. The Morgan fingerprint density at radius 2 is 2.13 bits per heavy atom. The first-order valence-electron chi connectivity index (χ1n) is 7.31. The molecule has 1 aliphatic rings. The molecule has 0 aliphatic heterocycles. The van der Waals surface area contributed by atoms with Crippen LogP contribution in [0, 0.1) is 10.1 Å². The molecule has 1 aromatic carbocycles. The van der Waals surface area contributed by atoms with Crippen LogP contribution < -0.4 is 10.6 Å². The number of aromatic nitrogens is 3. The summed E-state index contributed by atoms with van der Waals surface area (Å²) in [5.74, 6) is 0.869. The van der Waals surface area contributed by atoms with Crippen molar-refractivity contribution in [2.75, 3.05) is 10.6 Å². The zero-order chi connectivity index (χ0) is 15.8. The number of fused-ring (bicyclic) bond motifs is 1. The van der Waals surface area contributed by atoms with Crippen molar-refractivity contribution in [3.63, 3.8) is 0 Å². The molecule has 8 heteroatoms. The van der Waals surface area contributed by atoms with E-state index in [2.05, 4.69) is 25.8 Å². The highest BCUT2D eigenvalue weighted by atomic mass is 16.6. The summed E-state index contributed by atoms with van der Waals surface area (Å²) in [5, 5.41) is 25.2. The highest BCUT2D eigenvalue weighted by Crippen LogP contribution is 2.30. The molecule has 0 saturated heterocycles. The van der Waals surface area contributed by atoms with E-state index in [1.807, 2.05) is 18.2 Å². The summed E-state index contributed by atoms with van der Waals surface area (Å²) >= 11 is 0. The molecule has 0 spiro atoms. The molecule has 0 unspecified atom stereocenters. The SMILES string of the molecule is O=[N+]([O-])c1ccc(NC2CC2)nc1Nc1ccc2[nH]ncc2c1. The van der Waals surface area contributed by atoms with Crippen LogP contribution in [-0.2, 0) is 0 Å². The average molecular weight is 310 g/mol. The minimum atomic E-state index is -0.438. The Bertz CT molecular complexity index is 887. The van der Waals surface area contributed by atoms with E-state index in [0.717, 1.165) is 29.4 Å². The second-order valence-electron chi connectivity index (χ2n) is 5.54. The first kappa shape index (κ1) is 13.5. The maximum atomic E-state index is 11.2. The van der Waals surface area contributed by atoms with Gasteiger partial charge >= 0.3 is 5.69 Å². The second kappa shape index (κ2) is 5.24. The van der Waals surface area contributed by atoms with E-state index in [1.54, 1.807) is 12.3 Å². The lowest BCUT2D eigenvalue weighted by molar-refractivity contribution is -0.384. The van der Waals surface area contributed by atoms with Gasteiger partial charge in [0.05, 0.1) is 16.6 Å². The molecule has 116 valence electrons. The fraction of sp³-hybridized carbons (Fsp3) is 0.200. The van der Waals surface area contributed by atoms with Gasteiger partial charge in [-0.15, -0.1) is 0 Å². The van der Waals surface area contributed by atoms with Crippen LogP contribution in [0.3, 0.4) is 0 Å². The zero-order valence-corrected chi connectivity index (χ0v) is 12.1. The molecular weight excluding hydrogens is 296 g/mol. The summed E-state index contributed by atoms with van der Waals surface area (Å²) in [7, 11) is 0. The minimum absolute atomic E-state index is 0.0568. The molecule has 2 heterocycles. The van der Waals surface area contributed by atoms with Crippen molar-refractivity contribution in [3.8, 4) is 0 Å². The van der Waals surface area contributed by atoms with Gasteiger partial charge < -0.3 is 10.6 Å². The van der Waals surface area contributed by atoms with E-state index in [4.69, 9.17) is 0 Å². The molecule has 4 rings (SSSR count). The van der Waals surface area contributed by atoms with E-state index in [0.29, 0.717) is 11.9 Å². The van der Waals surface area contributed by atoms with Gasteiger partial charge in [-0.3, -0.25) is 15.2 Å². The van der Waals surface area contributed by atoms with Gasteiger partial charge in [0, 0.05) is 23.2 Å². The number of rotatable bonds is 5. The van der Waals surface area contributed by atoms with Crippen molar-refractivity contribution in [1.29, 1.82) is 0 Å². The monoisotopic (exact) mass is 310 g/mol. The molecule has 1 saturated carbocycles. The molecule has 2 aromatic heterocycles. The molecular formula is C15H14N6O2. The lowest BCUT2D eigenvalue weighted by atomic mass is 10.2. The third kappa shape index (κ3) is 2.78. The first-order valence-corrected chi connectivity index (χ1v) is 7.31. The molecule has 0 bridgehead atoms. The van der Waals surface area contributed by atoms with E-state index in [1.165, 1.54) is 6.07 Å². The van der Waals surface area contributed by atoms with Crippen LogP contribution in [0.4, 0.5) is 23.0 Å². The van der Waals surface area contributed by atoms with Crippen LogP contribution in [0.25, 0.3) is 10.9 Å². The van der Waals surface area contributed by atoms with E-state index < -0.39 is 4.92 Å². The normalized spacial score (nSPS) is 13.9. The number of H-pyrrole nitrogens is 1. The van der Waals surface area contributed by atoms with Crippen molar-refractivity contribution in [1.82, 2.24) is 15.2 Å². The largest absolute Gasteiger partial charge is 0.367 e. The van der Waals surface area contributed by atoms with Gasteiger partial charge in [0.1, 0.15) is 5.82 Å². The van der Waals surface area contributed by atoms with Crippen molar-refractivity contribution < 1.29 is 4.92 Å². The van der Waals surface area contributed by atoms with Crippen molar-refractivity contribution in [2.24, 2.45) is 0 Å². The number of benzene rings is 1. The highest BCUT2D eigenvalue weighted by Gasteiger charge is 2.23. The first-order chi connectivity index (χ1) is 11.2. The highest BCUT2D eigenvalue weighted by molar-refractivity contribution is 5.83. The van der Waals surface area contributed by atoms with E-state index in [-0.39, 0.29) is 11.5 Å². The lowest BCUT2D eigenvalue weighted by Crippen LogP contribution is -2.06. The molecule has 1 aliphatic carbocycles. The molecule has 0 amide bonds. The number of anilines is 3. The predicted molar refractivity (Wildman–Crippen MR) is 86.9 cm³/mol. The fourth-order valence-electron chi connectivity index (χ4n) is 2.37. The van der Waals surface area contributed by atoms with Gasteiger partial charge in [0.15, 0.2) is 0 Å². The number of nitrogens with one attached hydrogen (secondary N) is 3. The number of nitro groups is 1. The summed E-state index contributed by atoms with van der Waals surface area (Å²) in [6, 6.07) is 9.09. The molecule has 0 atom stereocenters. The Balaban J connectivity index is 1.68. The van der Waals surface area contributed by atoms with Crippen LogP contribution in [0.2, 0.25) is 0 Å². The average Bonchev–Trinajstić information content (AvgIpc) is 3.22. The van der Waals surface area contributed by atoms with Gasteiger partial charge in [-0.05, 0) is 37.1 Å². The zero-order valence-electron chi connectivity index (χ0n) is 12.1. The summed E-state index contributed by atoms with van der Waals surface area (Å²) in [6.07, 6.45) is 3.92. The van der Waals surface area contributed by atoms with Crippen LogP contribution in [0.5, 0.6) is 0 Å². The van der Waals surface area contributed by atoms with E-state index in [9.17, 15) is 10.1 Å². The maximum Gasteiger partial charge on any atom is 0.311 e. The quantitative estimate of drug-likeness (QED) is 0.493. The van der Waals surface area contributed by atoms with Gasteiger partial charge in [0.2, 0.25) is 5.82 Å². The number of nitrogens with zero attached hydrogens (tertiary/aromatic N) is 3. The van der Waals surface area contributed by atoms with Crippen LogP contribution in [0.1, 0.15) is 12.8 Å². The predicted octanol–water partition coefficient (Wildman–Crippen LogP) is 3.18. The van der Waals surface area contributed by atoms with Crippen molar-refractivity contribution in [3.05, 3.63) is 46.6 Å². The lowest BCUT2D eigenvalue weighted by Gasteiger charge is -2.09. The number of pyridine rings is 1. The van der Waals surface area contributed by atoms with Crippen molar-refractivity contribution in [2.45, 2.75) is 18.9 Å². The number of hydrogen-bond donors (Lipinski definition) is 3. The number of hydrogen-bond acceptors (Lipinski definition) is 6. The molecule has 1 fully saturated rings. The molecule has 23 heavy (non-hydrogen) atoms. The Morgan fingerprint density at radius 1 is 1.26 bits per heavy atom. The van der Waals surface area contributed by atoms with E-state index >= 15 is 0 Å². The maximum absolute atomic E-state index is 11.2. The van der Waals surface area contributed by atoms with Crippen LogP contribution >= 0.6 is 0 Å². The summed E-state index contributed by atoms with van der Waals surface area (Å²) in [6.45, 7) is 0. The molecule has 3 aromatic rings. The molecule has 3 N–H and O–H groups in total. The van der Waals surface area contributed by atoms with Gasteiger partial charge in [-0.2, -0.15) is 5.10 Å². The number of aromatic amines is 1. The molecule has 0 radical (unpaired) electrons. The van der Waals surface area contributed by atoms with Gasteiger partial charge in [-0.25, -0.2) is 4.98 Å². The second-order valence-corrected chi connectivity index (χ2v) is 5.54. The summed E-state index contributed by atoms with van der Waals surface area (Å²) < 4.78 is 0. The summed E-state index contributed by atoms with van der Waals surface area (Å²) in [4.78, 5) is 15.1. The Labute approximate surface area is 131 Å². The minimum Gasteiger partial charge on any atom is -0.367 e. The third-order valence-corrected chi connectivity index (χ3v) is 3.70.